The van der Waals surface area contributed by atoms with Crippen LogP contribution in [0.4, 0.5) is 4.39 Å². The molecule has 1 aromatic carbocycles. The van der Waals surface area contributed by atoms with E-state index < -0.39 is 22.7 Å². The summed E-state index contributed by atoms with van der Waals surface area (Å²) >= 11 is 0. The summed E-state index contributed by atoms with van der Waals surface area (Å²) in [5.41, 5.74) is 4.69. The van der Waals surface area contributed by atoms with E-state index in [9.17, 15) is 9.18 Å². The minimum absolute atomic E-state index is 0.0374. The second kappa shape index (κ2) is 5.79. The summed E-state index contributed by atoms with van der Waals surface area (Å²) in [5.74, 6) is -0.527. The third-order valence-corrected chi connectivity index (χ3v) is 3.89. The van der Waals surface area contributed by atoms with Crippen LogP contribution in [0, 0.1) is 5.82 Å². The van der Waals surface area contributed by atoms with Gasteiger partial charge in [0.2, 0.25) is 0 Å². The number of hydrogen-bond donors (Lipinski definition) is 1. The van der Waals surface area contributed by atoms with Gasteiger partial charge in [0, 0.05) is 16.5 Å². The molecule has 5 heteroatoms. The Balaban J connectivity index is 3.50. The van der Waals surface area contributed by atoms with Crippen LogP contribution in [0.2, 0.25) is 0 Å². The molecule has 0 aliphatic carbocycles. The molecule has 0 aliphatic heterocycles. The van der Waals surface area contributed by atoms with E-state index in [2.05, 4.69) is 0 Å². The van der Waals surface area contributed by atoms with Crippen molar-refractivity contribution in [1.29, 1.82) is 0 Å². The van der Waals surface area contributed by atoms with Crippen molar-refractivity contribution in [2.24, 2.45) is 5.73 Å². The van der Waals surface area contributed by atoms with Gasteiger partial charge in [0.15, 0.2) is 0 Å². The van der Waals surface area contributed by atoms with Crippen molar-refractivity contribution >= 4 is 5.97 Å². The maximum Gasteiger partial charge on any atom is 0.306 e. The van der Waals surface area contributed by atoms with E-state index in [1.807, 2.05) is 0 Å². The van der Waals surface area contributed by atoms with Crippen LogP contribution in [0.1, 0.15) is 32.8 Å². The topological polar surface area (TPSA) is 61.5 Å². The molecule has 4 nitrogen and oxygen atoms in total. The fourth-order valence-corrected chi connectivity index (χ4v) is 2.21. The van der Waals surface area contributed by atoms with Gasteiger partial charge >= 0.3 is 5.97 Å². The average molecular weight is 283 g/mol. The smallest absolute Gasteiger partial charge is 0.306 e. The van der Waals surface area contributed by atoms with Gasteiger partial charge in [0.05, 0.1) is 20.6 Å². The molecule has 1 aromatic rings. The Kier molecular flexibility index (Phi) is 4.76. The molecular weight excluding hydrogens is 261 g/mol. The van der Waals surface area contributed by atoms with Crippen molar-refractivity contribution in [1.82, 2.24) is 0 Å². The molecule has 1 unspecified atom stereocenters. The molecular formula is C15H22FNO3. The van der Waals surface area contributed by atoms with E-state index in [1.165, 1.54) is 20.3 Å². The molecule has 0 radical (unpaired) electrons. The van der Waals surface area contributed by atoms with Crippen molar-refractivity contribution in [3.8, 4) is 5.75 Å². The number of methoxy groups -OCH3 is 2. The lowest BCUT2D eigenvalue weighted by Gasteiger charge is -2.42. The Bertz CT molecular complexity index is 496. The third kappa shape index (κ3) is 2.93. The summed E-state index contributed by atoms with van der Waals surface area (Å²) < 4.78 is 24.3. The summed E-state index contributed by atoms with van der Waals surface area (Å²) in [6, 6.07) is 4.54. The molecule has 0 aromatic heterocycles. The van der Waals surface area contributed by atoms with Gasteiger partial charge in [0.25, 0.3) is 0 Å². The first kappa shape index (κ1) is 16.4. The van der Waals surface area contributed by atoms with Crippen LogP contribution >= 0.6 is 0 Å². The van der Waals surface area contributed by atoms with Crippen molar-refractivity contribution < 1.29 is 18.7 Å². The molecule has 20 heavy (non-hydrogen) atoms. The van der Waals surface area contributed by atoms with E-state index in [4.69, 9.17) is 15.2 Å². The standard InChI is InChI=1S/C15H22FNO3/c1-14(2,17)15(3,9-12(18)20-5)13-10(16)7-6-8-11(13)19-4/h6-8H,9,17H2,1-5H3. The number of hydrogen-bond acceptors (Lipinski definition) is 4. The van der Waals surface area contributed by atoms with Gasteiger partial charge in [-0.2, -0.15) is 0 Å². The lowest BCUT2D eigenvalue weighted by molar-refractivity contribution is -0.142. The lowest BCUT2D eigenvalue weighted by Crippen LogP contribution is -2.53. The van der Waals surface area contributed by atoms with E-state index in [0.29, 0.717) is 11.3 Å². The maximum atomic E-state index is 14.3. The van der Waals surface area contributed by atoms with Gasteiger partial charge < -0.3 is 15.2 Å². The highest BCUT2D eigenvalue weighted by Gasteiger charge is 2.45. The molecule has 0 bridgehead atoms. The fourth-order valence-electron chi connectivity index (χ4n) is 2.21. The molecule has 0 heterocycles. The molecule has 1 rings (SSSR count). The van der Waals surface area contributed by atoms with Crippen molar-refractivity contribution in [3.63, 3.8) is 0 Å². The van der Waals surface area contributed by atoms with Crippen molar-refractivity contribution in [2.45, 2.75) is 38.1 Å². The zero-order chi connectivity index (χ0) is 15.6. The Morgan fingerprint density at radius 2 is 1.90 bits per heavy atom. The predicted octanol–water partition coefficient (Wildman–Crippen LogP) is 2.39. The van der Waals surface area contributed by atoms with E-state index in [-0.39, 0.29) is 6.42 Å². The number of carbonyl (C=O) groups is 1. The number of benzene rings is 1. The predicted molar refractivity (Wildman–Crippen MR) is 75.2 cm³/mol. The third-order valence-electron chi connectivity index (χ3n) is 3.89. The molecule has 0 saturated heterocycles. The molecule has 0 fully saturated rings. The highest BCUT2D eigenvalue weighted by Crippen LogP contribution is 2.43. The Morgan fingerprint density at radius 3 is 2.35 bits per heavy atom. The average Bonchev–Trinajstić information content (AvgIpc) is 2.36. The van der Waals surface area contributed by atoms with Gasteiger partial charge in [-0.15, -0.1) is 0 Å². The van der Waals surface area contributed by atoms with Crippen LogP contribution in [0.25, 0.3) is 0 Å². The Morgan fingerprint density at radius 1 is 1.30 bits per heavy atom. The molecule has 112 valence electrons. The lowest BCUT2D eigenvalue weighted by atomic mass is 9.66. The molecule has 0 saturated carbocycles. The summed E-state index contributed by atoms with van der Waals surface area (Å²) in [6.07, 6.45) is -0.0374. The van der Waals surface area contributed by atoms with E-state index in [1.54, 1.807) is 32.9 Å². The molecule has 2 N–H and O–H groups in total. The number of halogens is 1. The minimum atomic E-state index is -0.962. The van der Waals surface area contributed by atoms with Gasteiger partial charge in [-0.1, -0.05) is 13.0 Å². The SMILES string of the molecule is COC(=O)CC(C)(c1c(F)cccc1OC)C(C)(C)N. The van der Waals surface area contributed by atoms with Crippen LogP contribution in [0.15, 0.2) is 18.2 Å². The normalized spacial score (nSPS) is 14.6. The number of carbonyl (C=O) groups excluding carboxylic acids is 1. The van der Waals surface area contributed by atoms with E-state index >= 15 is 0 Å². The Hall–Kier alpha value is -1.62. The molecule has 0 amide bonds. The Labute approximate surface area is 119 Å². The largest absolute Gasteiger partial charge is 0.496 e. The van der Waals surface area contributed by atoms with Crippen LogP contribution in [0.5, 0.6) is 5.75 Å². The van der Waals surface area contributed by atoms with E-state index in [0.717, 1.165) is 0 Å². The highest BCUT2D eigenvalue weighted by molar-refractivity contribution is 5.72. The monoisotopic (exact) mass is 283 g/mol. The van der Waals surface area contributed by atoms with Gasteiger partial charge in [0.1, 0.15) is 11.6 Å². The summed E-state index contributed by atoms with van der Waals surface area (Å²) in [6.45, 7) is 5.24. The first-order chi connectivity index (χ1) is 9.17. The maximum absolute atomic E-state index is 14.3. The summed E-state index contributed by atoms with van der Waals surface area (Å²) in [7, 11) is 2.76. The zero-order valence-electron chi connectivity index (χ0n) is 12.6. The molecule has 1 atom stereocenters. The minimum Gasteiger partial charge on any atom is -0.496 e. The van der Waals surface area contributed by atoms with Crippen LogP contribution in [-0.2, 0) is 14.9 Å². The first-order valence-electron chi connectivity index (χ1n) is 6.36. The number of esters is 1. The second-order valence-electron chi connectivity index (χ2n) is 5.62. The van der Waals surface area contributed by atoms with Gasteiger partial charge in [-0.05, 0) is 26.0 Å². The number of nitrogens with two attached hydrogens (primary N) is 1. The summed E-state index contributed by atoms with van der Waals surface area (Å²) in [4.78, 5) is 11.7. The van der Waals surface area contributed by atoms with Crippen molar-refractivity contribution in [2.75, 3.05) is 14.2 Å². The number of ether oxygens (including phenoxy) is 2. The fraction of sp³-hybridized carbons (Fsp3) is 0.533. The van der Waals surface area contributed by atoms with Crippen LogP contribution in [0.3, 0.4) is 0 Å². The second-order valence-corrected chi connectivity index (χ2v) is 5.62. The van der Waals surface area contributed by atoms with Crippen LogP contribution < -0.4 is 10.5 Å². The zero-order valence-corrected chi connectivity index (χ0v) is 12.6. The van der Waals surface area contributed by atoms with Crippen molar-refractivity contribution in [3.05, 3.63) is 29.6 Å². The van der Waals surface area contributed by atoms with Gasteiger partial charge in [-0.3, -0.25) is 4.79 Å². The van der Waals surface area contributed by atoms with Gasteiger partial charge in [-0.25, -0.2) is 4.39 Å². The summed E-state index contributed by atoms with van der Waals surface area (Å²) in [5, 5.41) is 0. The highest BCUT2D eigenvalue weighted by atomic mass is 19.1. The number of rotatable bonds is 5. The van der Waals surface area contributed by atoms with Crippen LogP contribution in [-0.4, -0.2) is 25.7 Å². The molecule has 0 spiro atoms. The first-order valence-corrected chi connectivity index (χ1v) is 6.36. The quantitative estimate of drug-likeness (QED) is 0.843. The molecule has 0 aliphatic rings.